The van der Waals surface area contributed by atoms with Crippen LogP contribution in [0.2, 0.25) is 0 Å². The highest BCUT2D eigenvalue weighted by atomic mass is 16.2. The monoisotopic (exact) mass is 289 g/mol. The van der Waals surface area contributed by atoms with Crippen molar-refractivity contribution in [2.24, 2.45) is 11.7 Å². The van der Waals surface area contributed by atoms with E-state index in [2.05, 4.69) is 19.0 Å². The molecule has 1 heterocycles. The number of hydrogen-bond acceptors (Lipinski definition) is 3. The van der Waals surface area contributed by atoms with E-state index in [9.17, 15) is 4.79 Å². The Morgan fingerprint density at radius 3 is 2.48 bits per heavy atom. The van der Waals surface area contributed by atoms with Crippen LogP contribution in [0.5, 0.6) is 0 Å². The molecule has 116 valence electrons. The van der Waals surface area contributed by atoms with Gasteiger partial charge in [0.05, 0.1) is 6.04 Å². The highest BCUT2D eigenvalue weighted by molar-refractivity contribution is 5.82. The Hall–Kier alpha value is -1.39. The van der Waals surface area contributed by atoms with Crippen molar-refractivity contribution in [3.63, 3.8) is 0 Å². The molecule has 4 heteroatoms. The van der Waals surface area contributed by atoms with Gasteiger partial charge < -0.3 is 15.5 Å². The van der Waals surface area contributed by atoms with Gasteiger partial charge in [0.1, 0.15) is 0 Å². The first kappa shape index (κ1) is 16.0. The molecule has 1 aliphatic heterocycles. The standard InChI is InChI=1S/C17H27N3O/c1-19(2)13-15-8-10-20(11-9-15)17(21)16(18)12-14-6-4-3-5-7-14/h3-7,15-16H,8-13,18H2,1-2H3/t16-/m0/s1. The third-order valence-corrected chi connectivity index (χ3v) is 4.17. The van der Waals surface area contributed by atoms with Crippen LogP contribution in [-0.4, -0.2) is 55.5 Å². The molecule has 1 saturated heterocycles. The van der Waals surface area contributed by atoms with Gasteiger partial charge in [-0.2, -0.15) is 0 Å². The molecule has 0 saturated carbocycles. The number of piperidine rings is 1. The van der Waals surface area contributed by atoms with Crippen molar-refractivity contribution in [2.45, 2.75) is 25.3 Å². The second kappa shape index (κ2) is 7.57. The SMILES string of the molecule is CN(C)CC1CCN(C(=O)[C@@H](N)Cc2ccccc2)CC1. The first-order valence-corrected chi connectivity index (χ1v) is 7.79. The van der Waals surface area contributed by atoms with Gasteiger partial charge in [-0.1, -0.05) is 30.3 Å². The van der Waals surface area contributed by atoms with E-state index >= 15 is 0 Å². The molecule has 0 spiro atoms. The maximum atomic E-state index is 12.4. The number of carbonyl (C=O) groups is 1. The van der Waals surface area contributed by atoms with Crippen LogP contribution in [0.4, 0.5) is 0 Å². The van der Waals surface area contributed by atoms with Gasteiger partial charge in [0, 0.05) is 19.6 Å². The van der Waals surface area contributed by atoms with Crippen LogP contribution in [-0.2, 0) is 11.2 Å². The summed E-state index contributed by atoms with van der Waals surface area (Å²) in [5, 5.41) is 0. The number of benzene rings is 1. The van der Waals surface area contributed by atoms with E-state index in [1.165, 1.54) is 0 Å². The van der Waals surface area contributed by atoms with Gasteiger partial charge in [-0.25, -0.2) is 0 Å². The van der Waals surface area contributed by atoms with Crippen molar-refractivity contribution in [1.29, 1.82) is 0 Å². The third kappa shape index (κ3) is 4.83. The largest absolute Gasteiger partial charge is 0.341 e. The molecule has 2 rings (SSSR count). The van der Waals surface area contributed by atoms with E-state index in [1.807, 2.05) is 35.2 Å². The molecule has 0 bridgehead atoms. The first-order valence-electron chi connectivity index (χ1n) is 7.79. The molecule has 1 aromatic rings. The van der Waals surface area contributed by atoms with E-state index in [1.54, 1.807) is 0 Å². The molecular weight excluding hydrogens is 262 g/mol. The maximum absolute atomic E-state index is 12.4. The van der Waals surface area contributed by atoms with Crippen LogP contribution in [0.15, 0.2) is 30.3 Å². The summed E-state index contributed by atoms with van der Waals surface area (Å²) in [6, 6.07) is 9.58. The summed E-state index contributed by atoms with van der Waals surface area (Å²) >= 11 is 0. The van der Waals surface area contributed by atoms with Crippen LogP contribution in [0.25, 0.3) is 0 Å². The van der Waals surface area contributed by atoms with Gasteiger partial charge in [0.15, 0.2) is 0 Å². The molecule has 1 fully saturated rings. The molecule has 0 unspecified atom stereocenters. The highest BCUT2D eigenvalue weighted by Gasteiger charge is 2.26. The fraction of sp³-hybridized carbons (Fsp3) is 0.588. The lowest BCUT2D eigenvalue weighted by atomic mass is 9.95. The second-order valence-electron chi connectivity index (χ2n) is 6.33. The fourth-order valence-corrected chi connectivity index (χ4v) is 3.04. The average molecular weight is 289 g/mol. The number of carbonyl (C=O) groups excluding carboxylic acids is 1. The Balaban J connectivity index is 1.81. The van der Waals surface area contributed by atoms with Crippen LogP contribution in [0.1, 0.15) is 18.4 Å². The van der Waals surface area contributed by atoms with E-state index < -0.39 is 6.04 Å². The van der Waals surface area contributed by atoms with Gasteiger partial charge in [0.2, 0.25) is 5.91 Å². The fourth-order valence-electron chi connectivity index (χ4n) is 3.04. The lowest BCUT2D eigenvalue weighted by Gasteiger charge is -2.34. The number of likely N-dealkylation sites (tertiary alicyclic amines) is 1. The summed E-state index contributed by atoms with van der Waals surface area (Å²) in [5.74, 6) is 0.802. The predicted molar refractivity (Wildman–Crippen MR) is 86.0 cm³/mol. The third-order valence-electron chi connectivity index (χ3n) is 4.17. The molecule has 1 atom stereocenters. The van der Waals surface area contributed by atoms with Gasteiger partial charge in [-0.05, 0) is 44.8 Å². The van der Waals surface area contributed by atoms with Crippen molar-refractivity contribution in [3.05, 3.63) is 35.9 Å². The Labute approximate surface area is 127 Å². The molecule has 2 N–H and O–H groups in total. The maximum Gasteiger partial charge on any atom is 0.239 e. The lowest BCUT2D eigenvalue weighted by molar-refractivity contribution is -0.134. The van der Waals surface area contributed by atoms with Gasteiger partial charge >= 0.3 is 0 Å². The normalized spacial score (nSPS) is 18.0. The molecular formula is C17H27N3O. The first-order chi connectivity index (χ1) is 10.1. The van der Waals surface area contributed by atoms with E-state index in [-0.39, 0.29) is 5.91 Å². The van der Waals surface area contributed by atoms with E-state index in [4.69, 9.17) is 5.73 Å². The van der Waals surface area contributed by atoms with Crippen molar-refractivity contribution >= 4 is 5.91 Å². The van der Waals surface area contributed by atoms with Gasteiger partial charge in [0.25, 0.3) is 0 Å². The summed E-state index contributed by atoms with van der Waals surface area (Å²) in [7, 11) is 4.21. The zero-order chi connectivity index (χ0) is 15.2. The number of amides is 1. The number of nitrogens with zero attached hydrogens (tertiary/aromatic N) is 2. The molecule has 1 aliphatic rings. The van der Waals surface area contributed by atoms with Gasteiger partial charge in [-0.3, -0.25) is 4.79 Å². The minimum Gasteiger partial charge on any atom is -0.341 e. The van der Waals surface area contributed by atoms with E-state index in [0.29, 0.717) is 12.3 Å². The van der Waals surface area contributed by atoms with Crippen LogP contribution in [0, 0.1) is 5.92 Å². The lowest BCUT2D eigenvalue weighted by Crippen LogP contribution is -2.48. The molecule has 1 amide bonds. The molecule has 0 radical (unpaired) electrons. The van der Waals surface area contributed by atoms with Crippen molar-refractivity contribution in [3.8, 4) is 0 Å². The van der Waals surface area contributed by atoms with Crippen LogP contribution in [0.3, 0.4) is 0 Å². The van der Waals surface area contributed by atoms with E-state index in [0.717, 1.165) is 38.0 Å². The van der Waals surface area contributed by atoms with Crippen molar-refractivity contribution in [2.75, 3.05) is 33.7 Å². The summed E-state index contributed by atoms with van der Waals surface area (Å²) in [6.45, 7) is 2.80. The Morgan fingerprint density at radius 2 is 1.90 bits per heavy atom. The van der Waals surface area contributed by atoms with Crippen molar-refractivity contribution in [1.82, 2.24) is 9.80 Å². The van der Waals surface area contributed by atoms with Crippen molar-refractivity contribution < 1.29 is 4.79 Å². The smallest absolute Gasteiger partial charge is 0.239 e. The molecule has 1 aromatic carbocycles. The zero-order valence-corrected chi connectivity index (χ0v) is 13.2. The summed E-state index contributed by atoms with van der Waals surface area (Å²) < 4.78 is 0. The number of hydrogen-bond donors (Lipinski definition) is 1. The number of nitrogens with two attached hydrogens (primary N) is 1. The Morgan fingerprint density at radius 1 is 1.29 bits per heavy atom. The quantitative estimate of drug-likeness (QED) is 0.890. The summed E-state index contributed by atoms with van der Waals surface area (Å²) in [4.78, 5) is 16.6. The average Bonchev–Trinajstić information content (AvgIpc) is 2.47. The minimum atomic E-state index is -0.419. The van der Waals surface area contributed by atoms with Gasteiger partial charge in [-0.15, -0.1) is 0 Å². The summed E-state index contributed by atoms with van der Waals surface area (Å²) in [5.41, 5.74) is 7.22. The van der Waals surface area contributed by atoms with Crippen LogP contribution < -0.4 is 5.73 Å². The minimum absolute atomic E-state index is 0.0992. The second-order valence-corrected chi connectivity index (χ2v) is 6.33. The predicted octanol–water partition coefficient (Wildman–Crippen LogP) is 1.36. The Kier molecular flexibility index (Phi) is 5.76. The van der Waals surface area contributed by atoms with Crippen LogP contribution >= 0.6 is 0 Å². The molecule has 0 aromatic heterocycles. The Bertz CT molecular complexity index is 439. The molecule has 21 heavy (non-hydrogen) atoms. The summed E-state index contributed by atoms with van der Waals surface area (Å²) in [6.07, 6.45) is 2.79. The topological polar surface area (TPSA) is 49.6 Å². The molecule has 4 nitrogen and oxygen atoms in total. The zero-order valence-electron chi connectivity index (χ0n) is 13.2. The molecule has 0 aliphatic carbocycles. The highest BCUT2D eigenvalue weighted by Crippen LogP contribution is 2.18. The number of rotatable bonds is 5.